The molecule has 0 radical (unpaired) electrons. The van der Waals surface area contributed by atoms with Crippen molar-refractivity contribution < 1.29 is 14.6 Å². The van der Waals surface area contributed by atoms with E-state index < -0.39 is 0 Å². The molecule has 0 aromatic heterocycles. The van der Waals surface area contributed by atoms with Gasteiger partial charge in [0.25, 0.3) is 0 Å². The summed E-state index contributed by atoms with van der Waals surface area (Å²) in [7, 11) is 0. The molecule has 1 aromatic carbocycles. The van der Waals surface area contributed by atoms with E-state index in [-0.39, 0.29) is 6.61 Å². The van der Waals surface area contributed by atoms with Gasteiger partial charge in [0, 0.05) is 13.2 Å². The van der Waals surface area contributed by atoms with Crippen molar-refractivity contribution in [2.24, 2.45) is 0 Å². The molecule has 0 fully saturated rings. The summed E-state index contributed by atoms with van der Waals surface area (Å²) in [6.07, 6.45) is 4.74. The average molecular weight is 293 g/mol. The molecule has 1 aromatic rings. The fraction of sp³-hybridized carbons (Fsp3) is 0.529. The van der Waals surface area contributed by atoms with Crippen LogP contribution in [0.4, 0.5) is 0 Å². The van der Waals surface area contributed by atoms with E-state index in [1.165, 1.54) is 5.56 Å². The SMILES string of the molecule is C=CCOc1ccc(CNCCCCCO)cc1OCC. The summed E-state index contributed by atoms with van der Waals surface area (Å²) in [5.41, 5.74) is 1.17. The van der Waals surface area contributed by atoms with Crippen molar-refractivity contribution in [3.05, 3.63) is 36.4 Å². The van der Waals surface area contributed by atoms with Gasteiger partial charge in [-0.25, -0.2) is 0 Å². The van der Waals surface area contributed by atoms with Crippen molar-refractivity contribution in [3.63, 3.8) is 0 Å². The number of rotatable bonds is 12. The van der Waals surface area contributed by atoms with Gasteiger partial charge in [0.2, 0.25) is 0 Å². The summed E-state index contributed by atoms with van der Waals surface area (Å²) in [4.78, 5) is 0. The van der Waals surface area contributed by atoms with Crippen LogP contribution < -0.4 is 14.8 Å². The third-order valence-electron chi connectivity index (χ3n) is 3.01. The number of aliphatic hydroxyl groups excluding tert-OH is 1. The van der Waals surface area contributed by atoms with E-state index in [4.69, 9.17) is 14.6 Å². The van der Waals surface area contributed by atoms with Crippen LogP contribution in [0.3, 0.4) is 0 Å². The van der Waals surface area contributed by atoms with Gasteiger partial charge in [-0.3, -0.25) is 0 Å². The molecule has 0 aliphatic carbocycles. The van der Waals surface area contributed by atoms with Crippen molar-refractivity contribution in [2.45, 2.75) is 32.7 Å². The summed E-state index contributed by atoms with van der Waals surface area (Å²) >= 11 is 0. The number of benzene rings is 1. The Balaban J connectivity index is 2.47. The molecule has 21 heavy (non-hydrogen) atoms. The van der Waals surface area contributed by atoms with Crippen molar-refractivity contribution in [1.29, 1.82) is 0 Å². The van der Waals surface area contributed by atoms with Crippen LogP contribution in [0, 0.1) is 0 Å². The van der Waals surface area contributed by atoms with E-state index in [1.807, 2.05) is 25.1 Å². The normalized spacial score (nSPS) is 10.4. The molecule has 0 spiro atoms. The Bertz CT molecular complexity index is 407. The number of unbranched alkanes of at least 4 members (excludes halogenated alkanes) is 2. The second kappa shape index (κ2) is 11.2. The maximum absolute atomic E-state index is 8.72. The molecule has 0 bridgehead atoms. The van der Waals surface area contributed by atoms with Crippen LogP contribution in [0.1, 0.15) is 31.7 Å². The number of hydrogen-bond acceptors (Lipinski definition) is 4. The standard InChI is InChI=1S/C17H27NO3/c1-3-12-21-16-9-8-15(13-17(16)20-4-2)14-18-10-6-5-7-11-19/h3,8-9,13,18-19H,1,4-7,10-12,14H2,2H3. The topological polar surface area (TPSA) is 50.7 Å². The molecule has 0 aliphatic rings. The van der Waals surface area contributed by atoms with Crippen LogP contribution in [0.25, 0.3) is 0 Å². The van der Waals surface area contributed by atoms with Gasteiger partial charge in [-0.1, -0.05) is 18.7 Å². The Morgan fingerprint density at radius 3 is 2.76 bits per heavy atom. The van der Waals surface area contributed by atoms with Gasteiger partial charge >= 0.3 is 0 Å². The highest BCUT2D eigenvalue weighted by molar-refractivity contribution is 5.43. The van der Waals surface area contributed by atoms with Crippen LogP contribution >= 0.6 is 0 Å². The van der Waals surface area contributed by atoms with Crippen molar-refractivity contribution in [2.75, 3.05) is 26.4 Å². The van der Waals surface area contributed by atoms with Gasteiger partial charge in [0.05, 0.1) is 6.61 Å². The van der Waals surface area contributed by atoms with Gasteiger partial charge < -0.3 is 19.9 Å². The molecule has 0 amide bonds. The number of nitrogens with one attached hydrogen (secondary N) is 1. The lowest BCUT2D eigenvalue weighted by atomic mass is 10.2. The quantitative estimate of drug-likeness (QED) is 0.459. The van der Waals surface area contributed by atoms with E-state index in [0.717, 1.165) is 43.9 Å². The lowest BCUT2D eigenvalue weighted by molar-refractivity contribution is 0.283. The first-order valence-corrected chi connectivity index (χ1v) is 7.62. The molecule has 0 heterocycles. The zero-order chi connectivity index (χ0) is 15.3. The van der Waals surface area contributed by atoms with Gasteiger partial charge in [-0.2, -0.15) is 0 Å². The van der Waals surface area contributed by atoms with Crippen LogP contribution in [0.2, 0.25) is 0 Å². The van der Waals surface area contributed by atoms with E-state index in [0.29, 0.717) is 13.2 Å². The molecule has 0 aliphatic heterocycles. The maximum Gasteiger partial charge on any atom is 0.161 e. The first-order chi connectivity index (χ1) is 10.3. The van der Waals surface area contributed by atoms with Crippen LogP contribution in [-0.2, 0) is 6.54 Å². The number of hydrogen-bond donors (Lipinski definition) is 2. The Labute approximate surface area is 127 Å². The van der Waals surface area contributed by atoms with Crippen molar-refractivity contribution in [1.82, 2.24) is 5.32 Å². The van der Waals surface area contributed by atoms with Crippen LogP contribution in [-0.4, -0.2) is 31.5 Å². The van der Waals surface area contributed by atoms with Crippen molar-refractivity contribution in [3.8, 4) is 11.5 Å². The minimum atomic E-state index is 0.282. The Hall–Kier alpha value is -1.52. The highest BCUT2D eigenvalue weighted by Crippen LogP contribution is 2.28. The van der Waals surface area contributed by atoms with E-state index in [2.05, 4.69) is 11.9 Å². The summed E-state index contributed by atoms with van der Waals surface area (Å²) in [6.45, 7) is 8.74. The van der Waals surface area contributed by atoms with E-state index in [1.54, 1.807) is 6.08 Å². The first kappa shape index (κ1) is 17.5. The van der Waals surface area contributed by atoms with Crippen LogP contribution in [0.5, 0.6) is 11.5 Å². The molecule has 0 saturated carbocycles. The molecular formula is C17H27NO3. The fourth-order valence-corrected chi connectivity index (χ4v) is 1.97. The monoisotopic (exact) mass is 293 g/mol. The molecule has 0 atom stereocenters. The van der Waals surface area contributed by atoms with Crippen molar-refractivity contribution >= 4 is 0 Å². The van der Waals surface area contributed by atoms with E-state index in [9.17, 15) is 0 Å². The summed E-state index contributed by atoms with van der Waals surface area (Å²) in [5, 5.41) is 12.1. The second-order valence-electron chi connectivity index (χ2n) is 4.77. The smallest absolute Gasteiger partial charge is 0.161 e. The number of aliphatic hydroxyl groups is 1. The molecule has 0 saturated heterocycles. The minimum Gasteiger partial charge on any atom is -0.490 e. The molecule has 2 N–H and O–H groups in total. The molecule has 118 valence electrons. The van der Waals surface area contributed by atoms with Gasteiger partial charge in [0.1, 0.15) is 6.61 Å². The average Bonchev–Trinajstić information content (AvgIpc) is 2.50. The Morgan fingerprint density at radius 2 is 2.05 bits per heavy atom. The molecule has 0 unspecified atom stereocenters. The minimum absolute atomic E-state index is 0.282. The highest BCUT2D eigenvalue weighted by Gasteiger charge is 2.06. The Kier molecular flexibility index (Phi) is 9.33. The predicted octanol–water partition coefficient (Wildman–Crippen LogP) is 2.90. The second-order valence-corrected chi connectivity index (χ2v) is 4.77. The Morgan fingerprint density at radius 1 is 1.19 bits per heavy atom. The number of ether oxygens (including phenoxy) is 2. The summed E-state index contributed by atoms with van der Waals surface area (Å²) in [6, 6.07) is 6.00. The maximum atomic E-state index is 8.72. The largest absolute Gasteiger partial charge is 0.490 e. The molecule has 4 heteroatoms. The summed E-state index contributed by atoms with van der Waals surface area (Å²) < 4.78 is 11.2. The third kappa shape index (κ3) is 7.16. The first-order valence-electron chi connectivity index (χ1n) is 7.62. The zero-order valence-electron chi connectivity index (χ0n) is 12.9. The molecular weight excluding hydrogens is 266 g/mol. The van der Waals surface area contributed by atoms with Gasteiger partial charge in [0.15, 0.2) is 11.5 Å². The lowest BCUT2D eigenvalue weighted by Crippen LogP contribution is -2.15. The summed E-state index contributed by atoms with van der Waals surface area (Å²) in [5.74, 6) is 1.53. The van der Waals surface area contributed by atoms with Gasteiger partial charge in [-0.15, -0.1) is 0 Å². The predicted molar refractivity (Wildman–Crippen MR) is 85.9 cm³/mol. The van der Waals surface area contributed by atoms with Gasteiger partial charge in [-0.05, 0) is 50.4 Å². The fourth-order valence-electron chi connectivity index (χ4n) is 1.97. The third-order valence-corrected chi connectivity index (χ3v) is 3.01. The zero-order valence-corrected chi connectivity index (χ0v) is 12.9. The highest BCUT2D eigenvalue weighted by atomic mass is 16.5. The van der Waals surface area contributed by atoms with Crippen LogP contribution in [0.15, 0.2) is 30.9 Å². The lowest BCUT2D eigenvalue weighted by Gasteiger charge is -2.13. The van der Waals surface area contributed by atoms with E-state index >= 15 is 0 Å². The molecule has 4 nitrogen and oxygen atoms in total. The molecule has 1 rings (SSSR count).